The molecule has 2 unspecified atom stereocenters. The maximum Gasteiger partial charge on any atom is 0.0309 e. The van der Waals surface area contributed by atoms with Crippen molar-refractivity contribution in [3.05, 3.63) is 11.6 Å². The normalized spacial score (nSPS) is 33.3. The number of nitrogens with one attached hydrogen (secondary N) is 1. The Morgan fingerprint density at radius 1 is 1.32 bits per heavy atom. The second-order valence-corrected chi connectivity index (χ2v) is 8.17. The van der Waals surface area contributed by atoms with Crippen LogP contribution < -0.4 is 5.32 Å². The van der Waals surface area contributed by atoms with Crippen molar-refractivity contribution in [3.63, 3.8) is 0 Å². The van der Waals surface area contributed by atoms with E-state index in [-0.39, 0.29) is 0 Å². The molecule has 0 bridgehead atoms. The van der Waals surface area contributed by atoms with Gasteiger partial charge in [0.25, 0.3) is 0 Å². The molecule has 1 N–H and O–H groups in total. The summed E-state index contributed by atoms with van der Waals surface area (Å²) < 4.78 is 0. The third-order valence-corrected chi connectivity index (χ3v) is 4.88. The Labute approximate surface area is 119 Å². The summed E-state index contributed by atoms with van der Waals surface area (Å²) >= 11 is 0. The van der Waals surface area contributed by atoms with Gasteiger partial charge in [-0.15, -0.1) is 0 Å². The van der Waals surface area contributed by atoms with E-state index in [1.807, 2.05) is 0 Å². The zero-order valence-corrected chi connectivity index (χ0v) is 13.7. The molecular formula is C17H32N2. The predicted molar refractivity (Wildman–Crippen MR) is 83.4 cm³/mol. The monoisotopic (exact) mass is 264 g/mol. The molecule has 0 amide bonds. The van der Waals surface area contributed by atoms with E-state index < -0.39 is 0 Å². The Hall–Kier alpha value is -0.340. The molecule has 0 radical (unpaired) electrons. The standard InChI is InChI=1S/C17H32N2/c1-13(2)9-10-19-12-17(6,14-7-8-14)18-11-15(19)16(3,4)5/h9,14-15,18H,7-8,10-12H2,1-6H3. The Morgan fingerprint density at radius 2 is 1.95 bits per heavy atom. The molecule has 1 aliphatic carbocycles. The highest BCUT2D eigenvalue weighted by Crippen LogP contribution is 2.42. The van der Waals surface area contributed by atoms with Crippen molar-refractivity contribution in [2.45, 2.75) is 66.0 Å². The average molecular weight is 264 g/mol. The number of allylic oxidation sites excluding steroid dienone is 1. The summed E-state index contributed by atoms with van der Waals surface area (Å²) in [6.45, 7) is 17.4. The van der Waals surface area contributed by atoms with Crippen molar-refractivity contribution in [1.29, 1.82) is 0 Å². The minimum Gasteiger partial charge on any atom is -0.308 e. The summed E-state index contributed by atoms with van der Waals surface area (Å²) in [5.74, 6) is 0.905. The van der Waals surface area contributed by atoms with Gasteiger partial charge in [0.1, 0.15) is 0 Å². The Bertz CT molecular complexity index is 345. The third kappa shape index (κ3) is 3.61. The molecule has 1 heterocycles. The summed E-state index contributed by atoms with van der Waals surface area (Å²) in [7, 11) is 0. The van der Waals surface area contributed by atoms with Crippen molar-refractivity contribution in [3.8, 4) is 0 Å². The van der Waals surface area contributed by atoms with E-state index in [0.717, 1.165) is 19.0 Å². The minimum absolute atomic E-state index is 0.341. The molecule has 0 aromatic carbocycles. The van der Waals surface area contributed by atoms with E-state index >= 15 is 0 Å². The Kier molecular flexibility index (Phi) is 4.13. The van der Waals surface area contributed by atoms with E-state index in [2.05, 4.69) is 57.8 Å². The summed E-state index contributed by atoms with van der Waals surface area (Å²) in [6, 6.07) is 0.634. The van der Waals surface area contributed by atoms with E-state index in [0.29, 0.717) is 17.0 Å². The van der Waals surface area contributed by atoms with Crippen LogP contribution in [-0.2, 0) is 0 Å². The van der Waals surface area contributed by atoms with Gasteiger partial charge in [-0.3, -0.25) is 4.90 Å². The van der Waals surface area contributed by atoms with Crippen molar-refractivity contribution >= 4 is 0 Å². The lowest BCUT2D eigenvalue weighted by molar-refractivity contribution is 0.0288. The van der Waals surface area contributed by atoms with Gasteiger partial charge in [-0.2, -0.15) is 0 Å². The molecule has 110 valence electrons. The maximum absolute atomic E-state index is 3.87. The van der Waals surface area contributed by atoms with Crippen LogP contribution in [0.5, 0.6) is 0 Å². The van der Waals surface area contributed by atoms with Gasteiger partial charge in [-0.1, -0.05) is 32.4 Å². The molecule has 19 heavy (non-hydrogen) atoms. The van der Waals surface area contributed by atoms with Gasteiger partial charge >= 0.3 is 0 Å². The smallest absolute Gasteiger partial charge is 0.0309 e. The molecule has 2 rings (SSSR count). The zero-order chi connectivity index (χ0) is 14.3. The topological polar surface area (TPSA) is 15.3 Å². The number of nitrogens with zero attached hydrogens (tertiary/aromatic N) is 1. The van der Waals surface area contributed by atoms with Gasteiger partial charge in [0.15, 0.2) is 0 Å². The van der Waals surface area contributed by atoms with Crippen molar-refractivity contribution < 1.29 is 0 Å². The molecule has 2 atom stereocenters. The van der Waals surface area contributed by atoms with Crippen LogP contribution in [-0.4, -0.2) is 36.1 Å². The summed E-state index contributed by atoms with van der Waals surface area (Å²) in [5, 5.41) is 3.87. The predicted octanol–water partition coefficient (Wildman–Crippen LogP) is 3.44. The number of piperazine rings is 1. The summed E-state index contributed by atoms with van der Waals surface area (Å²) in [5.41, 5.74) is 2.12. The van der Waals surface area contributed by atoms with Gasteiger partial charge in [-0.25, -0.2) is 0 Å². The van der Waals surface area contributed by atoms with Gasteiger partial charge < -0.3 is 5.32 Å². The first-order valence-electron chi connectivity index (χ1n) is 7.85. The molecule has 2 nitrogen and oxygen atoms in total. The van der Waals surface area contributed by atoms with E-state index in [4.69, 9.17) is 0 Å². The second kappa shape index (κ2) is 5.21. The highest BCUT2D eigenvalue weighted by Gasteiger charge is 2.47. The molecule has 2 heteroatoms. The van der Waals surface area contributed by atoms with Crippen molar-refractivity contribution in [1.82, 2.24) is 10.2 Å². The molecule has 0 spiro atoms. The summed E-state index contributed by atoms with van der Waals surface area (Å²) in [4.78, 5) is 2.71. The quantitative estimate of drug-likeness (QED) is 0.786. The molecule has 0 aromatic rings. The largest absolute Gasteiger partial charge is 0.308 e. The van der Waals surface area contributed by atoms with E-state index in [9.17, 15) is 0 Å². The third-order valence-electron chi connectivity index (χ3n) is 4.88. The molecule has 1 aliphatic heterocycles. The minimum atomic E-state index is 0.341. The molecule has 1 saturated heterocycles. The lowest BCUT2D eigenvalue weighted by Crippen LogP contribution is -2.66. The van der Waals surface area contributed by atoms with Crippen molar-refractivity contribution in [2.24, 2.45) is 11.3 Å². The SMILES string of the molecule is CC(C)=CCN1CC(C)(C2CC2)NCC1C(C)(C)C. The number of hydrogen-bond acceptors (Lipinski definition) is 2. The highest BCUT2D eigenvalue weighted by molar-refractivity contribution is 5.07. The fraction of sp³-hybridized carbons (Fsp3) is 0.882. The Balaban J connectivity index is 2.11. The van der Waals surface area contributed by atoms with Gasteiger partial charge in [-0.05, 0) is 44.9 Å². The molecule has 1 saturated carbocycles. The van der Waals surface area contributed by atoms with E-state index in [1.54, 1.807) is 0 Å². The van der Waals surface area contributed by atoms with Crippen LogP contribution in [0.3, 0.4) is 0 Å². The molecular weight excluding hydrogens is 232 g/mol. The fourth-order valence-corrected chi connectivity index (χ4v) is 3.39. The zero-order valence-electron chi connectivity index (χ0n) is 13.7. The molecule has 2 fully saturated rings. The van der Waals surface area contributed by atoms with Crippen LogP contribution in [0.15, 0.2) is 11.6 Å². The average Bonchev–Trinajstić information content (AvgIpc) is 3.08. The first-order chi connectivity index (χ1) is 8.72. The van der Waals surface area contributed by atoms with Crippen LogP contribution in [0.1, 0.15) is 54.4 Å². The maximum atomic E-state index is 3.87. The van der Waals surface area contributed by atoms with Crippen molar-refractivity contribution in [2.75, 3.05) is 19.6 Å². The van der Waals surface area contributed by atoms with E-state index in [1.165, 1.54) is 25.0 Å². The number of rotatable bonds is 3. The van der Waals surface area contributed by atoms with Crippen LogP contribution in [0.2, 0.25) is 0 Å². The van der Waals surface area contributed by atoms with Gasteiger partial charge in [0, 0.05) is 31.2 Å². The van der Waals surface area contributed by atoms with Crippen LogP contribution >= 0.6 is 0 Å². The van der Waals surface area contributed by atoms with Crippen LogP contribution in [0.25, 0.3) is 0 Å². The first-order valence-corrected chi connectivity index (χ1v) is 7.85. The number of hydrogen-bond donors (Lipinski definition) is 1. The first kappa shape index (κ1) is 15.1. The highest BCUT2D eigenvalue weighted by atomic mass is 15.3. The van der Waals surface area contributed by atoms with Gasteiger partial charge in [0.2, 0.25) is 0 Å². The van der Waals surface area contributed by atoms with Crippen LogP contribution in [0, 0.1) is 11.3 Å². The van der Waals surface area contributed by atoms with Crippen LogP contribution in [0.4, 0.5) is 0 Å². The fourth-order valence-electron chi connectivity index (χ4n) is 3.39. The summed E-state index contributed by atoms with van der Waals surface area (Å²) in [6.07, 6.45) is 5.22. The Morgan fingerprint density at radius 3 is 2.42 bits per heavy atom. The second-order valence-electron chi connectivity index (χ2n) is 8.17. The molecule has 2 aliphatic rings. The molecule has 0 aromatic heterocycles. The lowest BCUT2D eigenvalue weighted by atomic mass is 9.80. The van der Waals surface area contributed by atoms with Gasteiger partial charge in [0.05, 0.1) is 0 Å². The lowest BCUT2D eigenvalue weighted by Gasteiger charge is -2.50.